The number of nitrogens with one attached hydrogen (secondary N) is 1. The first-order chi connectivity index (χ1) is 10.7. The van der Waals surface area contributed by atoms with Crippen molar-refractivity contribution in [1.29, 1.82) is 0 Å². The lowest BCUT2D eigenvalue weighted by Crippen LogP contribution is -2.36. The monoisotopic (exact) mass is 298 g/mol. The molecule has 0 bridgehead atoms. The van der Waals surface area contributed by atoms with Crippen LogP contribution in [-0.4, -0.2) is 42.2 Å². The van der Waals surface area contributed by atoms with Crippen LogP contribution in [0.25, 0.3) is 0 Å². The van der Waals surface area contributed by atoms with Gasteiger partial charge in [-0.2, -0.15) is 0 Å². The molecule has 1 amide bonds. The fourth-order valence-corrected chi connectivity index (χ4v) is 2.23. The van der Waals surface area contributed by atoms with Crippen LogP contribution < -0.4 is 10.2 Å². The second kappa shape index (κ2) is 6.53. The Bertz CT molecular complexity index is 634. The van der Waals surface area contributed by atoms with Gasteiger partial charge in [0.1, 0.15) is 11.6 Å². The SMILES string of the molecule is Cc1ccc(NC(=O)c2ccc(N3CCOCC3)nc2)nc1. The van der Waals surface area contributed by atoms with E-state index in [0.29, 0.717) is 24.6 Å². The van der Waals surface area contributed by atoms with Crippen molar-refractivity contribution < 1.29 is 9.53 Å². The quantitative estimate of drug-likeness (QED) is 0.937. The second-order valence-corrected chi connectivity index (χ2v) is 5.18. The third-order valence-electron chi connectivity index (χ3n) is 3.50. The van der Waals surface area contributed by atoms with E-state index in [2.05, 4.69) is 20.2 Å². The molecular weight excluding hydrogens is 280 g/mol. The summed E-state index contributed by atoms with van der Waals surface area (Å²) in [6.45, 7) is 5.02. The topological polar surface area (TPSA) is 67.4 Å². The van der Waals surface area contributed by atoms with E-state index in [0.717, 1.165) is 24.5 Å². The molecule has 0 unspecified atom stereocenters. The zero-order chi connectivity index (χ0) is 15.4. The Balaban J connectivity index is 1.66. The molecule has 1 aliphatic heterocycles. The molecule has 22 heavy (non-hydrogen) atoms. The third kappa shape index (κ3) is 3.40. The molecular formula is C16H18N4O2. The molecule has 3 heterocycles. The van der Waals surface area contributed by atoms with Crippen molar-refractivity contribution in [2.24, 2.45) is 0 Å². The van der Waals surface area contributed by atoms with E-state index in [9.17, 15) is 4.79 Å². The minimum atomic E-state index is -0.211. The van der Waals surface area contributed by atoms with Gasteiger partial charge in [-0.1, -0.05) is 6.07 Å². The first-order valence-corrected chi connectivity index (χ1v) is 7.25. The van der Waals surface area contributed by atoms with Gasteiger partial charge in [0.2, 0.25) is 0 Å². The van der Waals surface area contributed by atoms with Crippen LogP contribution in [0.2, 0.25) is 0 Å². The summed E-state index contributed by atoms with van der Waals surface area (Å²) in [5.74, 6) is 1.19. The number of hydrogen-bond acceptors (Lipinski definition) is 5. The Morgan fingerprint density at radius 1 is 1.14 bits per heavy atom. The third-order valence-corrected chi connectivity index (χ3v) is 3.50. The smallest absolute Gasteiger partial charge is 0.258 e. The minimum Gasteiger partial charge on any atom is -0.378 e. The molecule has 1 aliphatic rings. The van der Waals surface area contributed by atoms with Gasteiger partial charge in [0.05, 0.1) is 18.8 Å². The van der Waals surface area contributed by atoms with E-state index in [-0.39, 0.29) is 5.91 Å². The highest BCUT2D eigenvalue weighted by molar-refractivity contribution is 6.03. The summed E-state index contributed by atoms with van der Waals surface area (Å²) >= 11 is 0. The Labute approximate surface area is 129 Å². The molecule has 2 aromatic heterocycles. The Morgan fingerprint density at radius 3 is 2.59 bits per heavy atom. The van der Waals surface area contributed by atoms with Gasteiger partial charge < -0.3 is 15.0 Å². The molecule has 0 atom stereocenters. The zero-order valence-corrected chi connectivity index (χ0v) is 12.5. The summed E-state index contributed by atoms with van der Waals surface area (Å²) < 4.78 is 5.32. The van der Waals surface area contributed by atoms with E-state index in [4.69, 9.17) is 4.74 Å². The number of aryl methyl sites for hydroxylation is 1. The van der Waals surface area contributed by atoms with Crippen LogP contribution >= 0.6 is 0 Å². The molecule has 6 heteroatoms. The van der Waals surface area contributed by atoms with Gasteiger partial charge in [-0.15, -0.1) is 0 Å². The minimum absolute atomic E-state index is 0.211. The van der Waals surface area contributed by atoms with E-state index < -0.39 is 0 Å². The molecule has 1 fully saturated rings. The van der Waals surface area contributed by atoms with Crippen molar-refractivity contribution in [3.05, 3.63) is 47.8 Å². The number of hydrogen-bond donors (Lipinski definition) is 1. The molecule has 0 spiro atoms. The van der Waals surface area contributed by atoms with Crippen LogP contribution in [0.1, 0.15) is 15.9 Å². The molecule has 0 aromatic carbocycles. The lowest BCUT2D eigenvalue weighted by molar-refractivity contribution is 0.102. The number of nitrogens with zero attached hydrogens (tertiary/aromatic N) is 3. The molecule has 0 radical (unpaired) electrons. The summed E-state index contributed by atoms with van der Waals surface area (Å²) in [4.78, 5) is 22.8. The summed E-state index contributed by atoms with van der Waals surface area (Å²) in [6, 6.07) is 7.33. The molecule has 2 aromatic rings. The number of morpholine rings is 1. The van der Waals surface area contributed by atoms with Gasteiger partial charge in [0.15, 0.2) is 0 Å². The number of aromatic nitrogens is 2. The molecule has 1 N–H and O–H groups in total. The number of amides is 1. The predicted molar refractivity (Wildman–Crippen MR) is 84.2 cm³/mol. The standard InChI is InChI=1S/C16H18N4O2/c1-12-2-4-14(17-10-12)19-16(21)13-3-5-15(18-11-13)20-6-8-22-9-7-20/h2-5,10-11H,6-9H2,1H3,(H,17,19,21). The van der Waals surface area contributed by atoms with Gasteiger partial charge in [-0.05, 0) is 30.7 Å². The number of rotatable bonds is 3. The normalized spacial score (nSPS) is 14.7. The average molecular weight is 298 g/mol. The molecule has 0 saturated carbocycles. The van der Waals surface area contributed by atoms with Crippen molar-refractivity contribution in [3.63, 3.8) is 0 Å². The van der Waals surface area contributed by atoms with Crippen LogP contribution in [0.5, 0.6) is 0 Å². The van der Waals surface area contributed by atoms with Gasteiger partial charge in [0, 0.05) is 25.5 Å². The lowest BCUT2D eigenvalue weighted by Gasteiger charge is -2.27. The molecule has 0 aliphatic carbocycles. The highest BCUT2D eigenvalue weighted by atomic mass is 16.5. The maximum absolute atomic E-state index is 12.2. The van der Waals surface area contributed by atoms with E-state index in [1.165, 1.54) is 0 Å². The van der Waals surface area contributed by atoms with Gasteiger partial charge in [-0.25, -0.2) is 9.97 Å². The van der Waals surface area contributed by atoms with Crippen LogP contribution in [-0.2, 0) is 4.74 Å². The van der Waals surface area contributed by atoms with Gasteiger partial charge in [0.25, 0.3) is 5.91 Å². The number of anilines is 2. The van der Waals surface area contributed by atoms with Crippen molar-refractivity contribution in [2.75, 3.05) is 36.5 Å². The molecule has 3 rings (SSSR count). The summed E-state index contributed by atoms with van der Waals surface area (Å²) in [6.07, 6.45) is 3.31. The number of ether oxygens (including phenoxy) is 1. The molecule has 1 saturated heterocycles. The fourth-order valence-electron chi connectivity index (χ4n) is 2.23. The number of carbonyl (C=O) groups is 1. The second-order valence-electron chi connectivity index (χ2n) is 5.18. The van der Waals surface area contributed by atoms with Gasteiger partial charge >= 0.3 is 0 Å². The fraction of sp³-hybridized carbons (Fsp3) is 0.312. The average Bonchev–Trinajstić information content (AvgIpc) is 2.58. The van der Waals surface area contributed by atoms with Crippen molar-refractivity contribution in [2.45, 2.75) is 6.92 Å². The summed E-state index contributed by atoms with van der Waals surface area (Å²) in [5.41, 5.74) is 1.56. The lowest BCUT2D eigenvalue weighted by atomic mass is 10.2. The first-order valence-electron chi connectivity index (χ1n) is 7.25. The predicted octanol–water partition coefficient (Wildman–Crippen LogP) is 1.87. The van der Waals surface area contributed by atoms with E-state index in [1.807, 2.05) is 19.1 Å². The first kappa shape index (κ1) is 14.5. The van der Waals surface area contributed by atoms with Crippen molar-refractivity contribution in [1.82, 2.24) is 9.97 Å². The van der Waals surface area contributed by atoms with Crippen LogP contribution in [0.3, 0.4) is 0 Å². The number of pyridine rings is 2. The Morgan fingerprint density at radius 2 is 1.95 bits per heavy atom. The molecule has 6 nitrogen and oxygen atoms in total. The van der Waals surface area contributed by atoms with Crippen molar-refractivity contribution in [3.8, 4) is 0 Å². The van der Waals surface area contributed by atoms with Gasteiger partial charge in [-0.3, -0.25) is 4.79 Å². The summed E-state index contributed by atoms with van der Waals surface area (Å²) in [7, 11) is 0. The molecule has 114 valence electrons. The van der Waals surface area contributed by atoms with Crippen LogP contribution in [0.15, 0.2) is 36.7 Å². The van der Waals surface area contributed by atoms with E-state index in [1.54, 1.807) is 24.5 Å². The largest absolute Gasteiger partial charge is 0.378 e. The van der Waals surface area contributed by atoms with Crippen LogP contribution in [0.4, 0.5) is 11.6 Å². The highest BCUT2D eigenvalue weighted by Crippen LogP contribution is 2.14. The van der Waals surface area contributed by atoms with Crippen molar-refractivity contribution >= 4 is 17.5 Å². The zero-order valence-electron chi connectivity index (χ0n) is 12.5. The van der Waals surface area contributed by atoms with Crippen LogP contribution in [0, 0.1) is 6.92 Å². The Hall–Kier alpha value is -2.47. The maximum atomic E-state index is 12.2. The summed E-state index contributed by atoms with van der Waals surface area (Å²) in [5, 5.41) is 2.76. The Kier molecular flexibility index (Phi) is 4.29. The van der Waals surface area contributed by atoms with E-state index >= 15 is 0 Å². The maximum Gasteiger partial charge on any atom is 0.258 e. The number of carbonyl (C=O) groups excluding carboxylic acids is 1. The highest BCUT2D eigenvalue weighted by Gasteiger charge is 2.13.